The van der Waals surface area contributed by atoms with Crippen molar-refractivity contribution in [1.82, 2.24) is 9.97 Å². The average molecular weight is 385 g/mol. The van der Waals surface area contributed by atoms with Crippen molar-refractivity contribution in [3.05, 3.63) is 42.5 Å². The molecule has 1 N–H and O–H groups in total. The van der Waals surface area contributed by atoms with Crippen LogP contribution in [0, 0.1) is 11.7 Å². The fourth-order valence-electron chi connectivity index (χ4n) is 3.39. The van der Waals surface area contributed by atoms with Crippen molar-refractivity contribution in [3.63, 3.8) is 0 Å². The highest BCUT2D eigenvalue weighted by Gasteiger charge is 2.35. The minimum absolute atomic E-state index is 0.0732. The summed E-state index contributed by atoms with van der Waals surface area (Å²) in [6, 6.07) is 7.51. The molecule has 2 aromatic rings. The first-order valence-corrected chi connectivity index (χ1v) is 9.12. The van der Waals surface area contributed by atoms with Gasteiger partial charge in [0.15, 0.2) is 0 Å². The predicted octanol–water partition coefficient (Wildman–Crippen LogP) is 1.44. The number of rotatable bonds is 4. The van der Waals surface area contributed by atoms with E-state index in [4.69, 9.17) is 4.74 Å². The standard InChI is InChI=1S/C19H20FN5O3/c20-14-2-1-3-15(9-14)25-11-13(8-18(25)26)19(27)23-16-10-17(22-12-21-16)24-4-6-28-7-5-24/h1-3,9-10,12-13H,4-8,11H2,(H,21,22,23,27)/t13-/m1/s1. The Labute approximate surface area is 161 Å². The molecule has 3 heterocycles. The van der Waals surface area contributed by atoms with Gasteiger partial charge in [0.25, 0.3) is 0 Å². The number of aromatic nitrogens is 2. The molecule has 2 aliphatic rings. The van der Waals surface area contributed by atoms with Crippen LogP contribution < -0.4 is 15.1 Å². The molecule has 1 atom stereocenters. The molecule has 2 fully saturated rings. The molecule has 0 unspecified atom stereocenters. The highest BCUT2D eigenvalue weighted by Crippen LogP contribution is 2.26. The van der Waals surface area contributed by atoms with E-state index in [0.29, 0.717) is 24.7 Å². The molecule has 146 valence electrons. The van der Waals surface area contributed by atoms with E-state index in [1.54, 1.807) is 18.2 Å². The Morgan fingerprint density at radius 1 is 1.21 bits per heavy atom. The van der Waals surface area contributed by atoms with Gasteiger partial charge in [0, 0.05) is 37.8 Å². The summed E-state index contributed by atoms with van der Waals surface area (Å²) >= 11 is 0. The molecule has 2 aliphatic heterocycles. The third kappa shape index (κ3) is 3.94. The van der Waals surface area contributed by atoms with Crippen LogP contribution in [0.4, 0.5) is 21.7 Å². The number of halogens is 1. The summed E-state index contributed by atoms with van der Waals surface area (Å²) in [7, 11) is 0. The summed E-state index contributed by atoms with van der Waals surface area (Å²) < 4.78 is 18.8. The SMILES string of the molecule is O=C(Nc1cc(N2CCOCC2)ncn1)[C@@H]1CC(=O)N(c2cccc(F)c2)C1. The molecule has 0 saturated carbocycles. The van der Waals surface area contributed by atoms with E-state index < -0.39 is 11.7 Å². The van der Waals surface area contributed by atoms with Crippen molar-refractivity contribution in [2.24, 2.45) is 5.92 Å². The molecule has 0 aliphatic carbocycles. The van der Waals surface area contributed by atoms with Crippen LogP contribution in [0.3, 0.4) is 0 Å². The van der Waals surface area contributed by atoms with Gasteiger partial charge in [-0.05, 0) is 18.2 Å². The number of anilines is 3. The molecule has 0 bridgehead atoms. The Kier molecular flexibility index (Phi) is 5.16. The maximum atomic E-state index is 13.4. The fourth-order valence-corrected chi connectivity index (χ4v) is 3.39. The van der Waals surface area contributed by atoms with E-state index >= 15 is 0 Å². The number of hydrogen-bond acceptors (Lipinski definition) is 6. The zero-order chi connectivity index (χ0) is 19.5. The van der Waals surface area contributed by atoms with Crippen molar-refractivity contribution in [2.45, 2.75) is 6.42 Å². The molecule has 4 rings (SSSR count). The van der Waals surface area contributed by atoms with Gasteiger partial charge >= 0.3 is 0 Å². The highest BCUT2D eigenvalue weighted by atomic mass is 19.1. The van der Waals surface area contributed by atoms with E-state index in [9.17, 15) is 14.0 Å². The average Bonchev–Trinajstić information content (AvgIpc) is 3.11. The van der Waals surface area contributed by atoms with Gasteiger partial charge in [-0.25, -0.2) is 14.4 Å². The first-order chi connectivity index (χ1) is 13.6. The summed E-state index contributed by atoms with van der Waals surface area (Å²) in [4.78, 5) is 36.8. The second-order valence-electron chi connectivity index (χ2n) is 6.74. The number of carbonyl (C=O) groups is 2. The first-order valence-electron chi connectivity index (χ1n) is 9.12. The van der Waals surface area contributed by atoms with E-state index in [2.05, 4.69) is 20.2 Å². The molecule has 0 spiro atoms. The number of amides is 2. The molecule has 2 amide bonds. The van der Waals surface area contributed by atoms with E-state index in [0.717, 1.165) is 18.9 Å². The van der Waals surface area contributed by atoms with Gasteiger partial charge in [-0.15, -0.1) is 0 Å². The molecule has 1 aromatic heterocycles. The van der Waals surface area contributed by atoms with Gasteiger partial charge < -0.3 is 19.9 Å². The van der Waals surface area contributed by atoms with Crippen LogP contribution in [0.25, 0.3) is 0 Å². The van der Waals surface area contributed by atoms with Crippen LogP contribution >= 0.6 is 0 Å². The lowest BCUT2D eigenvalue weighted by Crippen LogP contribution is -2.36. The summed E-state index contributed by atoms with van der Waals surface area (Å²) in [6.45, 7) is 2.92. The molecule has 8 nitrogen and oxygen atoms in total. The van der Waals surface area contributed by atoms with Crippen molar-refractivity contribution < 1.29 is 18.7 Å². The quantitative estimate of drug-likeness (QED) is 0.857. The van der Waals surface area contributed by atoms with Gasteiger partial charge in [0.1, 0.15) is 23.8 Å². The van der Waals surface area contributed by atoms with Crippen LogP contribution in [0.5, 0.6) is 0 Å². The normalized spacial score (nSPS) is 19.8. The maximum absolute atomic E-state index is 13.4. The summed E-state index contributed by atoms with van der Waals surface area (Å²) in [5.74, 6) is -0.343. The van der Waals surface area contributed by atoms with E-state index in [-0.39, 0.29) is 24.8 Å². The minimum Gasteiger partial charge on any atom is -0.378 e. The van der Waals surface area contributed by atoms with Crippen LogP contribution in [0.2, 0.25) is 0 Å². The number of carbonyl (C=O) groups excluding carboxylic acids is 2. The second kappa shape index (κ2) is 7.89. The zero-order valence-electron chi connectivity index (χ0n) is 15.2. The van der Waals surface area contributed by atoms with Crippen molar-refractivity contribution in [1.29, 1.82) is 0 Å². The number of nitrogens with zero attached hydrogens (tertiary/aromatic N) is 4. The lowest BCUT2D eigenvalue weighted by atomic mass is 10.1. The first kappa shape index (κ1) is 18.3. The van der Waals surface area contributed by atoms with Gasteiger partial charge in [-0.2, -0.15) is 0 Å². The molecule has 1 aromatic carbocycles. The fraction of sp³-hybridized carbons (Fsp3) is 0.368. The lowest BCUT2D eigenvalue weighted by Gasteiger charge is -2.27. The topological polar surface area (TPSA) is 87.7 Å². The number of hydrogen-bond donors (Lipinski definition) is 1. The van der Waals surface area contributed by atoms with Crippen LogP contribution in [-0.2, 0) is 14.3 Å². The molecular weight excluding hydrogens is 365 g/mol. The van der Waals surface area contributed by atoms with Gasteiger partial charge in [-0.3, -0.25) is 9.59 Å². The third-order valence-electron chi connectivity index (χ3n) is 4.85. The number of benzene rings is 1. The summed E-state index contributed by atoms with van der Waals surface area (Å²) in [5, 5.41) is 2.77. The molecule has 0 radical (unpaired) electrons. The largest absolute Gasteiger partial charge is 0.378 e. The third-order valence-corrected chi connectivity index (χ3v) is 4.85. The molecule has 9 heteroatoms. The van der Waals surface area contributed by atoms with Gasteiger partial charge in [0.2, 0.25) is 11.8 Å². The summed E-state index contributed by atoms with van der Waals surface area (Å²) in [5.41, 5.74) is 0.455. The minimum atomic E-state index is -0.530. The Morgan fingerprint density at radius 2 is 2.04 bits per heavy atom. The highest BCUT2D eigenvalue weighted by molar-refractivity contribution is 6.03. The van der Waals surface area contributed by atoms with Crippen molar-refractivity contribution >= 4 is 29.1 Å². The van der Waals surface area contributed by atoms with Gasteiger partial charge in [0.05, 0.1) is 19.1 Å². The Hall–Kier alpha value is -3.07. The Morgan fingerprint density at radius 3 is 2.82 bits per heavy atom. The smallest absolute Gasteiger partial charge is 0.230 e. The lowest BCUT2D eigenvalue weighted by molar-refractivity contribution is -0.122. The number of morpholine rings is 1. The molecular formula is C19H20FN5O3. The van der Waals surface area contributed by atoms with E-state index in [1.807, 2.05) is 0 Å². The molecule has 2 saturated heterocycles. The second-order valence-corrected chi connectivity index (χ2v) is 6.74. The predicted molar refractivity (Wildman–Crippen MR) is 101 cm³/mol. The Bertz CT molecular complexity index is 887. The van der Waals surface area contributed by atoms with Gasteiger partial charge in [-0.1, -0.05) is 6.07 Å². The number of nitrogens with one attached hydrogen (secondary N) is 1. The summed E-state index contributed by atoms with van der Waals surface area (Å²) in [6.07, 6.45) is 1.48. The van der Waals surface area contributed by atoms with E-state index in [1.165, 1.54) is 23.4 Å². The number of ether oxygens (including phenoxy) is 1. The Balaban J connectivity index is 1.42. The van der Waals surface area contributed by atoms with Crippen molar-refractivity contribution in [3.8, 4) is 0 Å². The zero-order valence-corrected chi connectivity index (χ0v) is 15.2. The van der Waals surface area contributed by atoms with Crippen LogP contribution in [-0.4, -0.2) is 54.6 Å². The monoisotopic (exact) mass is 385 g/mol. The van der Waals surface area contributed by atoms with Crippen molar-refractivity contribution in [2.75, 3.05) is 48.0 Å². The maximum Gasteiger partial charge on any atom is 0.230 e. The van der Waals surface area contributed by atoms with Crippen LogP contribution in [0.15, 0.2) is 36.7 Å². The van der Waals surface area contributed by atoms with Crippen LogP contribution in [0.1, 0.15) is 6.42 Å². The molecule has 28 heavy (non-hydrogen) atoms.